The van der Waals surface area contributed by atoms with E-state index in [9.17, 15) is 4.79 Å². The highest BCUT2D eigenvalue weighted by Crippen LogP contribution is 2.23. The fourth-order valence-electron chi connectivity index (χ4n) is 3.78. The number of quaternary nitrogens is 2. The SMILES string of the molecule is CC(C)c1ccccc1NC(=O)C[NH+]1CC[NH+](Cc2cccc(Cl)c2)CC1. The summed E-state index contributed by atoms with van der Waals surface area (Å²) in [6.07, 6.45) is 0. The summed E-state index contributed by atoms with van der Waals surface area (Å²) in [5.74, 6) is 0.504. The summed E-state index contributed by atoms with van der Waals surface area (Å²) in [7, 11) is 0. The first-order valence-corrected chi connectivity index (χ1v) is 10.2. The Morgan fingerprint density at radius 1 is 1.04 bits per heavy atom. The van der Waals surface area contributed by atoms with Crippen LogP contribution in [-0.2, 0) is 11.3 Å². The smallest absolute Gasteiger partial charge is 0.279 e. The van der Waals surface area contributed by atoms with Crippen LogP contribution in [-0.4, -0.2) is 38.6 Å². The third-order valence-corrected chi connectivity index (χ3v) is 5.51. The molecule has 1 saturated heterocycles. The average Bonchev–Trinajstić information content (AvgIpc) is 2.63. The van der Waals surface area contributed by atoms with Gasteiger partial charge in [0.25, 0.3) is 5.91 Å². The summed E-state index contributed by atoms with van der Waals surface area (Å²) in [4.78, 5) is 15.4. The molecule has 0 spiro atoms. The van der Waals surface area contributed by atoms with Gasteiger partial charge in [-0.05, 0) is 29.7 Å². The summed E-state index contributed by atoms with van der Waals surface area (Å²) in [6.45, 7) is 10.1. The third-order valence-electron chi connectivity index (χ3n) is 5.27. The van der Waals surface area contributed by atoms with Crippen LogP contribution in [0.25, 0.3) is 0 Å². The van der Waals surface area contributed by atoms with Crippen LogP contribution in [0, 0.1) is 0 Å². The predicted molar refractivity (Wildman–Crippen MR) is 111 cm³/mol. The van der Waals surface area contributed by atoms with Gasteiger partial charge in [0, 0.05) is 16.3 Å². The van der Waals surface area contributed by atoms with Gasteiger partial charge in [-0.25, -0.2) is 0 Å². The first-order chi connectivity index (χ1) is 13.0. The summed E-state index contributed by atoms with van der Waals surface area (Å²) in [5.41, 5.74) is 3.42. The van der Waals surface area contributed by atoms with Crippen molar-refractivity contribution in [3.63, 3.8) is 0 Å². The molecule has 0 bridgehead atoms. The molecule has 2 aromatic carbocycles. The molecule has 0 aliphatic carbocycles. The summed E-state index contributed by atoms with van der Waals surface area (Å²) in [5, 5.41) is 3.92. The Labute approximate surface area is 167 Å². The van der Waals surface area contributed by atoms with Gasteiger partial charge in [0.1, 0.15) is 32.7 Å². The Morgan fingerprint density at radius 3 is 2.44 bits per heavy atom. The van der Waals surface area contributed by atoms with E-state index in [1.165, 1.54) is 16.0 Å². The molecule has 3 N–H and O–H groups in total. The number of anilines is 1. The molecule has 0 unspecified atom stereocenters. The van der Waals surface area contributed by atoms with Gasteiger partial charge >= 0.3 is 0 Å². The number of carbonyl (C=O) groups excluding carboxylic acids is 1. The second-order valence-electron chi connectivity index (χ2n) is 7.77. The van der Waals surface area contributed by atoms with E-state index in [1.807, 2.05) is 36.4 Å². The number of carbonyl (C=O) groups is 1. The highest BCUT2D eigenvalue weighted by atomic mass is 35.5. The number of nitrogens with one attached hydrogen (secondary N) is 3. The highest BCUT2D eigenvalue weighted by molar-refractivity contribution is 6.30. The lowest BCUT2D eigenvalue weighted by Crippen LogP contribution is -3.28. The fourth-order valence-corrected chi connectivity index (χ4v) is 3.99. The first-order valence-electron chi connectivity index (χ1n) is 9.81. The zero-order valence-corrected chi connectivity index (χ0v) is 17.0. The first kappa shape index (κ1) is 19.9. The Bertz CT molecular complexity index is 770. The molecule has 1 aliphatic heterocycles. The van der Waals surface area contributed by atoms with E-state index in [0.717, 1.165) is 43.4 Å². The molecule has 0 aromatic heterocycles. The minimum atomic E-state index is 0.108. The van der Waals surface area contributed by atoms with E-state index in [4.69, 9.17) is 11.6 Å². The predicted octanol–water partition coefficient (Wildman–Crippen LogP) is 1.39. The van der Waals surface area contributed by atoms with Crippen molar-refractivity contribution < 1.29 is 14.6 Å². The second kappa shape index (κ2) is 9.36. The van der Waals surface area contributed by atoms with Crippen LogP contribution in [0.15, 0.2) is 48.5 Å². The van der Waals surface area contributed by atoms with Crippen LogP contribution in [0.4, 0.5) is 5.69 Å². The monoisotopic (exact) mass is 387 g/mol. The van der Waals surface area contributed by atoms with E-state index in [0.29, 0.717) is 12.5 Å². The Kier molecular flexibility index (Phi) is 6.89. The standard InChI is InChI=1S/C22H28ClN3O/c1-17(2)20-8-3-4-9-21(20)24-22(27)16-26-12-10-25(11-13-26)15-18-6-5-7-19(23)14-18/h3-9,14,17H,10-13,15-16H2,1-2H3,(H,24,27)/p+2. The zero-order chi connectivity index (χ0) is 19.2. The largest absolute Gasteiger partial charge is 0.322 e. The molecular weight excluding hydrogens is 358 g/mol. The van der Waals surface area contributed by atoms with E-state index in [-0.39, 0.29) is 5.91 Å². The average molecular weight is 388 g/mol. The van der Waals surface area contributed by atoms with E-state index in [1.54, 1.807) is 4.90 Å². The van der Waals surface area contributed by atoms with Gasteiger partial charge in [0.05, 0.1) is 0 Å². The van der Waals surface area contributed by atoms with Crippen LogP contribution >= 0.6 is 11.6 Å². The summed E-state index contributed by atoms with van der Waals surface area (Å²) in [6, 6.07) is 16.2. The number of piperazine rings is 1. The molecule has 0 atom stereocenters. The molecule has 27 heavy (non-hydrogen) atoms. The molecule has 1 heterocycles. The molecule has 1 aliphatic rings. The van der Waals surface area contributed by atoms with Crippen molar-refractivity contribution >= 4 is 23.2 Å². The number of benzene rings is 2. The maximum absolute atomic E-state index is 12.5. The normalized spacial score (nSPS) is 19.9. The lowest BCUT2D eigenvalue weighted by molar-refractivity contribution is -1.02. The van der Waals surface area contributed by atoms with Crippen molar-refractivity contribution in [3.05, 3.63) is 64.7 Å². The van der Waals surface area contributed by atoms with Gasteiger partial charge in [-0.3, -0.25) is 4.79 Å². The molecular formula is C22H30ClN3O+2. The van der Waals surface area contributed by atoms with Crippen LogP contribution in [0.5, 0.6) is 0 Å². The van der Waals surface area contributed by atoms with Crippen molar-refractivity contribution in [1.29, 1.82) is 0 Å². The maximum atomic E-state index is 12.5. The Balaban J connectivity index is 1.47. The molecule has 5 heteroatoms. The van der Waals surface area contributed by atoms with Crippen molar-refractivity contribution in [3.8, 4) is 0 Å². The fraction of sp³-hybridized carbons (Fsp3) is 0.409. The third kappa shape index (κ3) is 5.80. The van der Waals surface area contributed by atoms with Gasteiger partial charge in [0.2, 0.25) is 0 Å². The van der Waals surface area contributed by atoms with Crippen LogP contribution < -0.4 is 15.1 Å². The molecule has 1 amide bonds. The van der Waals surface area contributed by atoms with E-state index in [2.05, 4.69) is 31.3 Å². The van der Waals surface area contributed by atoms with Crippen LogP contribution in [0.3, 0.4) is 0 Å². The van der Waals surface area contributed by atoms with Gasteiger partial charge < -0.3 is 15.1 Å². The van der Waals surface area contributed by atoms with Gasteiger partial charge in [-0.1, -0.05) is 55.8 Å². The van der Waals surface area contributed by atoms with Crippen molar-refractivity contribution in [2.75, 3.05) is 38.0 Å². The zero-order valence-electron chi connectivity index (χ0n) is 16.2. The number of para-hydroxylation sites is 1. The molecule has 0 saturated carbocycles. The van der Waals surface area contributed by atoms with Crippen LogP contribution in [0.2, 0.25) is 5.02 Å². The van der Waals surface area contributed by atoms with Crippen molar-refractivity contribution in [2.45, 2.75) is 26.3 Å². The maximum Gasteiger partial charge on any atom is 0.279 e. The minimum absolute atomic E-state index is 0.108. The summed E-state index contributed by atoms with van der Waals surface area (Å²) >= 11 is 6.08. The van der Waals surface area contributed by atoms with Gasteiger partial charge in [-0.2, -0.15) is 0 Å². The number of halogens is 1. The quantitative estimate of drug-likeness (QED) is 0.688. The molecule has 3 rings (SSSR count). The molecule has 144 valence electrons. The lowest BCUT2D eigenvalue weighted by Gasteiger charge is -2.29. The van der Waals surface area contributed by atoms with E-state index >= 15 is 0 Å². The van der Waals surface area contributed by atoms with Crippen molar-refractivity contribution in [1.82, 2.24) is 0 Å². The van der Waals surface area contributed by atoms with Crippen LogP contribution in [0.1, 0.15) is 30.9 Å². The minimum Gasteiger partial charge on any atom is -0.322 e. The Morgan fingerprint density at radius 2 is 1.74 bits per heavy atom. The van der Waals surface area contributed by atoms with Crippen molar-refractivity contribution in [2.24, 2.45) is 0 Å². The Hall–Kier alpha value is -1.88. The van der Waals surface area contributed by atoms with E-state index < -0.39 is 0 Å². The number of hydrogen-bond acceptors (Lipinski definition) is 1. The summed E-state index contributed by atoms with van der Waals surface area (Å²) < 4.78 is 0. The van der Waals surface area contributed by atoms with Gasteiger partial charge in [-0.15, -0.1) is 0 Å². The number of amides is 1. The molecule has 1 fully saturated rings. The van der Waals surface area contributed by atoms with Gasteiger partial charge in [0.15, 0.2) is 6.54 Å². The second-order valence-corrected chi connectivity index (χ2v) is 8.21. The number of hydrogen-bond donors (Lipinski definition) is 3. The molecule has 0 radical (unpaired) electrons. The topological polar surface area (TPSA) is 38.0 Å². The highest BCUT2D eigenvalue weighted by Gasteiger charge is 2.25. The molecule has 2 aromatic rings. The lowest BCUT2D eigenvalue weighted by atomic mass is 10.0. The number of rotatable bonds is 6. The molecule has 4 nitrogen and oxygen atoms in total.